The Morgan fingerprint density at radius 3 is 2.53 bits per heavy atom. The first kappa shape index (κ1) is 12.6. The molecule has 1 aliphatic heterocycles. The number of carbonyl (C=O) groups is 1. The molecule has 1 saturated carbocycles. The van der Waals surface area contributed by atoms with E-state index in [2.05, 4.69) is 13.8 Å². The molecule has 2 aliphatic rings. The summed E-state index contributed by atoms with van der Waals surface area (Å²) < 4.78 is 18.6. The second kappa shape index (κ2) is 4.62. The van der Waals surface area contributed by atoms with Crippen molar-refractivity contribution in [3.63, 3.8) is 0 Å². The predicted octanol–water partition coefficient (Wildman–Crippen LogP) is 3.72. The fraction of sp³-hybridized carbons (Fsp3) is 0.562. The summed E-state index contributed by atoms with van der Waals surface area (Å²) in [5.41, 5.74) is 0.903. The van der Waals surface area contributed by atoms with Crippen molar-refractivity contribution in [3.05, 3.63) is 35.6 Å². The van der Waals surface area contributed by atoms with Crippen LogP contribution in [-0.4, -0.2) is 5.97 Å². The third kappa shape index (κ3) is 2.05. The molecule has 102 valence electrons. The third-order valence-corrected chi connectivity index (χ3v) is 4.90. The van der Waals surface area contributed by atoms with E-state index in [4.69, 9.17) is 4.74 Å². The van der Waals surface area contributed by atoms with Gasteiger partial charge < -0.3 is 4.74 Å². The molecule has 1 aliphatic carbocycles. The zero-order valence-corrected chi connectivity index (χ0v) is 11.3. The van der Waals surface area contributed by atoms with Crippen LogP contribution in [0.5, 0.6) is 0 Å². The molecule has 5 atom stereocenters. The van der Waals surface area contributed by atoms with Gasteiger partial charge in [-0.1, -0.05) is 26.0 Å². The molecule has 1 aromatic rings. The number of hydrogen-bond acceptors (Lipinski definition) is 2. The number of benzene rings is 1. The van der Waals surface area contributed by atoms with Crippen LogP contribution >= 0.6 is 0 Å². The van der Waals surface area contributed by atoms with Gasteiger partial charge in [-0.05, 0) is 42.4 Å². The van der Waals surface area contributed by atoms with Gasteiger partial charge in [-0.2, -0.15) is 0 Å². The molecule has 0 aromatic heterocycles. The largest absolute Gasteiger partial charge is 0.457 e. The highest BCUT2D eigenvalue weighted by molar-refractivity contribution is 5.75. The molecule has 2 fully saturated rings. The first-order valence-electron chi connectivity index (χ1n) is 7.04. The smallest absolute Gasteiger partial charge is 0.310 e. The van der Waals surface area contributed by atoms with Gasteiger partial charge in [0.05, 0.1) is 5.92 Å². The Balaban J connectivity index is 1.88. The Hall–Kier alpha value is -1.38. The van der Waals surface area contributed by atoms with Gasteiger partial charge in [-0.15, -0.1) is 0 Å². The fourth-order valence-corrected chi connectivity index (χ4v) is 3.79. The third-order valence-electron chi connectivity index (χ3n) is 4.90. The molecule has 2 nitrogen and oxygen atoms in total. The maximum absolute atomic E-state index is 13.0. The average Bonchev–Trinajstić information content (AvgIpc) is 2.78. The van der Waals surface area contributed by atoms with Crippen molar-refractivity contribution >= 4 is 5.97 Å². The standard InChI is InChI=1S/C16H19FO2/c1-9-3-8-13-10(2)15(19-16(18)14(9)13)11-4-6-12(17)7-5-11/h4-7,9-10,13-15H,3,8H2,1-2H3/t9-,10+,13+,14+,15+/m0/s1. The summed E-state index contributed by atoms with van der Waals surface area (Å²) >= 11 is 0. The fourth-order valence-electron chi connectivity index (χ4n) is 3.79. The Bertz CT molecular complexity index is 482. The number of hydrogen-bond donors (Lipinski definition) is 0. The summed E-state index contributed by atoms with van der Waals surface area (Å²) in [4.78, 5) is 12.2. The van der Waals surface area contributed by atoms with Gasteiger partial charge in [0.15, 0.2) is 0 Å². The van der Waals surface area contributed by atoms with Crippen LogP contribution < -0.4 is 0 Å². The summed E-state index contributed by atoms with van der Waals surface area (Å²) in [5.74, 6) is 0.874. The van der Waals surface area contributed by atoms with Gasteiger partial charge >= 0.3 is 5.97 Å². The van der Waals surface area contributed by atoms with Crippen LogP contribution in [0.25, 0.3) is 0 Å². The van der Waals surface area contributed by atoms with E-state index >= 15 is 0 Å². The van der Waals surface area contributed by atoms with Crippen molar-refractivity contribution in [3.8, 4) is 0 Å². The van der Waals surface area contributed by atoms with Gasteiger partial charge in [0.1, 0.15) is 11.9 Å². The Labute approximate surface area is 113 Å². The van der Waals surface area contributed by atoms with E-state index in [-0.39, 0.29) is 23.8 Å². The molecule has 0 spiro atoms. The minimum absolute atomic E-state index is 0.0618. The zero-order chi connectivity index (χ0) is 13.6. The molecule has 0 radical (unpaired) electrons. The van der Waals surface area contributed by atoms with E-state index in [1.54, 1.807) is 12.1 Å². The molecule has 19 heavy (non-hydrogen) atoms. The molecule has 1 heterocycles. The lowest BCUT2D eigenvalue weighted by Gasteiger charge is -2.38. The maximum Gasteiger partial charge on any atom is 0.310 e. The average molecular weight is 262 g/mol. The van der Waals surface area contributed by atoms with Gasteiger partial charge in [-0.25, -0.2) is 4.39 Å². The van der Waals surface area contributed by atoms with Crippen LogP contribution in [0.3, 0.4) is 0 Å². The van der Waals surface area contributed by atoms with E-state index in [0.29, 0.717) is 17.8 Å². The predicted molar refractivity (Wildman–Crippen MR) is 69.8 cm³/mol. The molecule has 0 unspecified atom stereocenters. The first-order chi connectivity index (χ1) is 9.08. The zero-order valence-electron chi connectivity index (χ0n) is 11.3. The van der Waals surface area contributed by atoms with Crippen molar-refractivity contribution in [2.75, 3.05) is 0 Å². The summed E-state index contributed by atoms with van der Waals surface area (Å²) in [6, 6.07) is 6.31. The normalized spacial score (nSPS) is 37.8. The van der Waals surface area contributed by atoms with Crippen LogP contribution in [-0.2, 0) is 9.53 Å². The van der Waals surface area contributed by atoms with Crippen LogP contribution in [0.2, 0.25) is 0 Å². The molecule has 3 heteroatoms. The van der Waals surface area contributed by atoms with Crippen LogP contribution in [0, 0.1) is 29.5 Å². The van der Waals surface area contributed by atoms with E-state index in [1.807, 2.05) is 0 Å². The summed E-state index contributed by atoms with van der Waals surface area (Å²) in [6.45, 7) is 4.28. The number of cyclic esters (lactones) is 1. The van der Waals surface area contributed by atoms with Crippen molar-refractivity contribution in [1.29, 1.82) is 0 Å². The van der Waals surface area contributed by atoms with Crippen molar-refractivity contribution in [2.45, 2.75) is 32.8 Å². The lowest BCUT2D eigenvalue weighted by atomic mass is 9.76. The molecule has 0 bridgehead atoms. The SMILES string of the molecule is C[C@@H]1[C@H]2CC[C@H](C)[C@H]2C(=O)O[C@H]1c1ccc(F)cc1. The molecule has 1 saturated heterocycles. The Kier molecular flexibility index (Phi) is 3.08. The second-order valence-corrected chi connectivity index (χ2v) is 6.01. The summed E-state index contributed by atoms with van der Waals surface area (Å²) in [6.07, 6.45) is 1.98. The van der Waals surface area contributed by atoms with E-state index in [0.717, 1.165) is 18.4 Å². The molecule has 1 aromatic carbocycles. The highest BCUT2D eigenvalue weighted by atomic mass is 19.1. The summed E-state index contributed by atoms with van der Waals surface area (Å²) in [5, 5.41) is 0. The van der Waals surface area contributed by atoms with E-state index < -0.39 is 0 Å². The van der Waals surface area contributed by atoms with Crippen molar-refractivity contribution in [1.82, 2.24) is 0 Å². The van der Waals surface area contributed by atoms with E-state index in [1.165, 1.54) is 12.1 Å². The van der Waals surface area contributed by atoms with Crippen LogP contribution in [0.1, 0.15) is 38.4 Å². The van der Waals surface area contributed by atoms with Gasteiger partial charge in [0.25, 0.3) is 0 Å². The minimum atomic E-state index is -0.258. The molecular weight excluding hydrogens is 243 g/mol. The minimum Gasteiger partial charge on any atom is -0.457 e. The number of esters is 1. The topological polar surface area (TPSA) is 26.3 Å². The van der Waals surface area contributed by atoms with E-state index in [9.17, 15) is 9.18 Å². The van der Waals surface area contributed by atoms with Crippen LogP contribution in [0.15, 0.2) is 24.3 Å². The first-order valence-corrected chi connectivity index (χ1v) is 7.04. The highest BCUT2D eigenvalue weighted by Crippen LogP contribution is 2.50. The number of carbonyl (C=O) groups excluding carboxylic acids is 1. The number of fused-ring (bicyclic) bond motifs is 1. The molecule has 0 N–H and O–H groups in total. The quantitative estimate of drug-likeness (QED) is 0.721. The maximum atomic E-state index is 13.0. The number of rotatable bonds is 1. The monoisotopic (exact) mass is 262 g/mol. The van der Waals surface area contributed by atoms with Crippen LogP contribution in [0.4, 0.5) is 4.39 Å². The number of halogens is 1. The Morgan fingerprint density at radius 1 is 1.16 bits per heavy atom. The highest BCUT2D eigenvalue weighted by Gasteiger charge is 2.49. The van der Waals surface area contributed by atoms with Gasteiger partial charge in [0.2, 0.25) is 0 Å². The number of ether oxygens (including phenoxy) is 1. The lowest BCUT2D eigenvalue weighted by molar-refractivity contribution is -0.172. The Morgan fingerprint density at radius 2 is 1.84 bits per heavy atom. The van der Waals surface area contributed by atoms with Crippen molar-refractivity contribution in [2.24, 2.45) is 23.7 Å². The van der Waals surface area contributed by atoms with Gasteiger partial charge in [0, 0.05) is 5.92 Å². The lowest BCUT2D eigenvalue weighted by Crippen LogP contribution is -2.39. The molecule has 0 amide bonds. The van der Waals surface area contributed by atoms with Crippen molar-refractivity contribution < 1.29 is 13.9 Å². The molecule has 3 rings (SSSR count). The molecular formula is C16H19FO2. The second-order valence-electron chi connectivity index (χ2n) is 6.01. The summed E-state index contributed by atoms with van der Waals surface area (Å²) in [7, 11) is 0. The van der Waals surface area contributed by atoms with Gasteiger partial charge in [-0.3, -0.25) is 4.79 Å².